The molecule has 1 amide bonds. The van der Waals surface area contributed by atoms with E-state index in [4.69, 9.17) is 0 Å². The van der Waals surface area contributed by atoms with Gasteiger partial charge in [-0.3, -0.25) is 4.79 Å². The first-order chi connectivity index (χ1) is 11.4. The highest BCUT2D eigenvalue weighted by Crippen LogP contribution is 2.36. The second kappa shape index (κ2) is 8.36. The van der Waals surface area contributed by atoms with Crippen LogP contribution in [0.2, 0.25) is 0 Å². The van der Waals surface area contributed by atoms with Gasteiger partial charge in [0.05, 0.1) is 10.6 Å². The number of fused-ring (bicyclic) bond motifs is 1. The molecule has 5 nitrogen and oxygen atoms in total. The van der Waals surface area contributed by atoms with Crippen LogP contribution in [0.15, 0.2) is 28.0 Å². The molecule has 1 aromatic carbocycles. The van der Waals surface area contributed by atoms with Crippen molar-refractivity contribution < 1.29 is 13.2 Å². The first kappa shape index (κ1) is 19.3. The smallest absolute Gasteiger partial charge is 0.243 e. The van der Waals surface area contributed by atoms with E-state index in [0.717, 1.165) is 35.6 Å². The van der Waals surface area contributed by atoms with E-state index in [1.807, 2.05) is 19.9 Å². The van der Waals surface area contributed by atoms with Gasteiger partial charge in [-0.25, -0.2) is 8.42 Å². The fourth-order valence-electron chi connectivity index (χ4n) is 2.77. The summed E-state index contributed by atoms with van der Waals surface area (Å²) in [5.74, 6) is 0.882. The van der Waals surface area contributed by atoms with Crippen molar-refractivity contribution in [2.24, 2.45) is 0 Å². The first-order valence-electron chi connectivity index (χ1n) is 8.47. The lowest BCUT2D eigenvalue weighted by Gasteiger charge is -2.24. The van der Waals surface area contributed by atoms with Gasteiger partial charge >= 0.3 is 0 Å². The van der Waals surface area contributed by atoms with Gasteiger partial charge in [-0.15, -0.1) is 11.8 Å². The molecule has 1 aliphatic rings. The maximum atomic E-state index is 12.9. The minimum atomic E-state index is -3.53. The van der Waals surface area contributed by atoms with Crippen molar-refractivity contribution in [1.29, 1.82) is 0 Å². The van der Waals surface area contributed by atoms with Gasteiger partial charge in [0.1, 0.15) is 0 Å². The SMILES string of the molecule is CCCCN(CC)S(=O)(=O)c1ccc2c(c1)N(C(C)=O)CCCS2. The number of unbranched alkanes of at least 4 members (excludes halogenated alkanes) is 1. The number of nitrogens with zero attached hydrogens (tertiary/aromatic N) is 2. The second-order valence-corrected chi connectivity index (χ2v) is 8.93. The van der Waals surface area contributed by atoms with Crippen LogP contribution in [0.3, 0.4) is 0 Å². The zero-order valence-electron chi connectivity index (χ0n) is 14.6. The number of anilines is 1. The summed E-state index contributed by atoms with van der Waals surface area (Å²) in [6, 6.07) is 5.17. The molecule has 7 heteroatoms. The van der Waals surface area contributed by atoms with Crippen LogP contribution in [0.4, 0.5) is 5.69 Å². The summed E-state index contributed by atoms with van der Waals surface area (Å²) >= 11 is 1.68. The summed E-state index contributed by atoms with van der Waals surface area (Å²) in [7, 11) is -3.53. The molecule has 0 atom stereocenters. The highest BCUT2D eigenvalue weighted by Gasteiger charge is 2.26. The van der Waals surface area contributed by atoms with Crippen LogP contribution in [0, 0.1) is 0 Å². The van der Waals surface area contributed by atoms with Gasteiger partial charge in [0.2, 0.25) is 15.9 Å². The maximum absolute atomic E-state index is 12.9. The van der Waals surface area contributed by atoms with E-state index < -0.39 is 10.0 Å². The summed E-state index contributed by atoms with van der Waals surface area (Å²) in [6.45, 7) is 7.04. The molecule has 0 spiro atoms. The molecule has 0 bridgehead atoms. The van der Waals surface area contributed by atoms with Crippen LogP contribution < -0.4 is 4.90 Å². The molecule has 0 saturated heterocycles. The Labute approximate surface area is 149 Å². The van der Waals surface area contributed by atoms with Crippen LogP contribution in [0.25, 0.3) is 0 Å². The number of amides is 1. The summed E-state index contributed by atoms with van der Waals surface area (Å²) in [6.07, 6.45) is 2.69. The van der Waals surface area contributed by atoms with Crippen molar-refractivity contribution in [3.05, 3.63) is 18.2 Å². The summed E-state index contributed by atoms with van der Waals surface area (Å²) in [5.41, 5.74) is 0.720. The highest BCUT2D eigenvalue weighted by molar-refractivity contribution is 7.99. The predicted molar refractivity (Wildman–Crippen MR) is 99.2 cm³/mol. The van der Waals surface area contributed by atoms with Crippen molar-refractivity contribution in [2.75, 3.05) is 30.3 Å². The fourth-order valence-corrected chi connectivity index (χ4v) is 5.26. The molecule has 0 fully saturated rings. The average molecular weight is 371 g/mol. The molecular formula is C17H26N2O3S2. The zero-order chi connectivity index (χ0) is 17.7. The second-order valence-electron chi connectivity index (χ2n) is 5.85. The standard InChI is InChI=1S/C17H26N2O3S2/c1-4-6-10-18(5-2)24(21,22)15-8-9-17-16(13-15)19(14(3)20)11-7-12-23-17/h8-9,13H,4-7,10-12H2,1-3H3. The number of carbonyl (C=O) groups excluding carboxylic acids is 1. The zero-order valence-corrected chi connectivity index (χ0v) is 16.3. The van der Waals surface area contributed by atoms with E-state index >= 15 is 0 Å². The Morgan fingerprint density at radius 2 is 2.08 bits per heavy atom. The Morgan fingerprint density at radius 3 is 2.71 bits per heavy atom. The molecule has 0 radical (unpaired) electrons. The van der Waals surface area contributed by atoms with Crippen LogP contribution in [-0.4, -0.2) is 44.0 Å². The van der Waals surface area contributed by atoms with E-state index in [9.17, 15) is 13.2 Å². The van der Waals surface area contributed by atoms with E-state index in [1.165, 1.54) is 11.2 Å². The van der Waals surface area contributed by atoms with Gasteiger partial charge in [0.25, 0.3) is 0 Å². The largest absolute Gasteiger partial charge is 0.311 e. The molecule has 1 aliphatic heterocycles. The number of thioether (sulfide) groups is 1. The van der Waals surface area contributed by atoms with Crippen molar-refractivity contribution in [2.45, 2.75) is 49.8 Å². The Hall–Kier alpha value is -1.05. The molecular weight excluding hydrogens is 344 g/mol. The predicted octanol–water partition coefficient (Wildman–Crippen LogP) is 3.35. The van der Waals surface area contributed by atoms with E-state index in [1.54, 1.807) is 28.8 Å². The van der Waals surface area contributed by atoms with Crippen LogP contribution in [0.1, 0.15) is 40.0 Å². The molecule has 1 aromatic rings. The summed E-state index contributed by atoms with van der Waals surface area (Å²) < 4.78 is 27.4. The normalized spacial score (nSPS) is 15.2. The molecule has 2 rings (SSSR count). The number of hydrogen-bond donors (Lipinski definition) is 0. The van der Waals surface area contributed by atoms with Gasteiger partial charge < -0.3 is 4.90 Å². The lowest BCUT2D eigenvalue weighted by molar-refractivity contribution is -0.116. The molecule has 0 unspecified atom stereocenters. The van der Waals surface area contributed by atoms with Gasteiger partial charge in [-0.2, -0.15) is 4.31 Å². The van der Waals surface area contributed by atoms with Crippen molar-refractivity contribution in [3.8, 4) is 0 Å². The van der Waals surface area contributed by atoms with Gasteiger partial charge in [-0.1, -0.05) is 20.3 Å². The maximum Gasteiger partial charge on any atom is 0.243 e. The fraction of sp³-hybridized carbons (Fsp3) is 0.588. The van der Waals surface area contributed by atoms with Gasteiger partial charge in [0, 0.05) is 31.5 Å². The summed E-state index contributed by atoms with van der Waals surface area (Å²) in [4.78, 5) is 14.9. The highest BCUT2D eigenvalue weighted by atomic mass is 32.2. The third-order valence-corrected chi connectivity index (χ3v) is 7.26. The lowest BCUT2D eigenvalue weighted by atomic mass is 10.2. The van der Waals surface area contributed by atoms with E-state index in [2.05, 4.69) is 0 Å². The van der Waals surface area contributed by atoms with Gasteiger partial charge in [0.15, 0.2) is 0 Å². The minimum Gasteiger partial charge on any atom is -0.311 e. The van der Waals surface area contributed by atoms with Gasteiger partial charge in [-0.05, 0) is 36.8 Å². The summed E-state index contributed by atoms with van der Waals surface area (Å²) in [5, 5.41) is 0. The Morgan fingerprint density at radius 1 is 1.33 bits per heavy atom. The number of hydrogen-bond acceptors (Lipinski definition) is 4. The first-order valence-corrected chi connectivity index (χ1v) is 10.9. The monoisotopic (exact) mass is 370 g/mol. The number of rotatable bonds is 6. The lowest BCUT2D eigenvalue weighted by Crippen LogP contribution is -2.32. The van der Waals surface area contributed by atoms with E-state index in [-0.39, 0.29) is 10.8 Å². The molecule has 1 heterocycles. The van der Waals surface area contributed by atoms with E-state index in [0.29, 0.717) is 19.6 Å². The number of sulfonamides is 1. The Kier molecular flexibility index (Phi) is 6.71. The van der Waals surface area contributed by atoms with Crippen LogP contribution >= 0.6 is 11.8 Å². The van der Waals surface area contributed by atoms with Crippen LogP contribution in [0.5, 0.6) is 0 Å². The molecule has 0 aromatic heterocycles. The third-order valence-electron chi connectivity index (χ3n) is 4.14. The average Bonchev–Trinajstić information content (AvgIpc) is 2.77. The van der Waals surface area contributed by atoms with Crippen molar-refractivity contribution in [3.63, 3.8) is 0 Å². The Balaban J connectivity index is 2.43. The van der Waals surface area contributed by atoms with Crippen LogP contribution in [-0.2, 0) is 14.8 Å². The number of carbonyl (C=O) groups is 1. The quantitative estimate of drug-likeness (QED) is 0.770. The Bertz CT molecular complexity index is 689. The van der Waals surface area contributed by atoms with Crippen molar-refractivity contribution >= 4 is 33.4 Å². The molecule has 24 heavy (non-hydrogen) atoms. The van der Waals surface area contributed by atoms with Crippen molar-refractivity contribution in [1.82, 2.24) is 4.31 Å². The molecule has 0 N–H and O–H groups in total. The minimum absolute atomic E-state index is 0.0494. The molecule has 0 saturated carbocycles. The third kappa shape index (κ3) is 4.13. The molecule has 0 aliphatic carbocycles. The number of benzene rings is 1. The molecule has 134 valence electrons. The topological polar surface area (TPSA) is 57.7 Å².